The highest BCUT2D eigenvalue weighted by Crippen LogP contribution is 2.30. The van der Waals surface area contributed by atoms with Crippen LogP contribution in [-0.4, -0.2) is 16.8 Å². The molecule has 1 N–H and O–H groups in total. The van der Waals surface area contributed by atoms with Gasteiger partial charge in [0.05, 0.1) is 5.54 Å². The highest BCUT2D eigenvalue weighted by atomic mass is 79.9. The summed E-state index contributed by atoms with van der Waals surface area (Å²) in [6.45, 7) is 0. The second-order valence-electron chi connectivity index (χ2n) is 4.94. The molecule has 18 heavy (non-hydrogen) atoms. The Morgan fingerprint density at radius 2 is 1.83 bits per heavy atom. The van der Waals surface area contributed by atoms with E-state index in [1.807, 2.05) is 0 Å². The van der Waals surface area contributed by atoms with Crippen LogP contribution in [0, 0.1) is 5.82 Å². The van der Waals surface area contributed by atoms with E-state index in [0.29, 0.717) is 5.56 Å². The molecule has 0 unspecified atom stereocenters. The predicted octanol–water partition coefficient (Wildman–Crippen LogP) is 3.65. The lowest BCUT2D eigenvalue weighted by Crippen LogP contribution is -2.51. The second kappa shape index (κ2) is 5.83. The number of carbonyl (C=O) groups is 1. The predicted molar refractivity (Wildman–Crippen MR) is 73.5 cm³/mol. The molecule has 0 aliphatic heterocycles. The number of carbonyl (C=O) groups excluding carboxylic acids is 1. The standard InChI is InChI=1S/C14H17BrFNO/c15-10-14(8-2-1-3-9-14)17-13(18)11-4-6-12(16)7-5-11/h4-7H,1-3,8-10H2,(H,17,18). The van der Waals surface area contributed by atoms with E-state index in [9.17, 15) is 9.18 Å². The van der Waals surface area contributed by atoms with Gasteiger partial charge >= 0.3 is 0 Å². The van der Waals surface area contributed by atoms with Crippen LogP contribution in [0.5, 0.6) is 0 Å². The summed E-state index contributed by atoms with van der Waals surface area (Å²) < 4.78 is 12.8. The van der Waals surface area contributed by atoms with Gasteiger partial charge in [-0.1, -0.05) is 35.2 Å². The van der Waals surface area contributed by atoms with Crippen LogP contribution in [0.1, 0.15) is 42.5 Å². The maximum Gasteiger partial charge on any atom is 0.251 e. The smallest absolute Gasteiger partial charge is 0.251 e. The van der Waals surface area contributed by atoms with Gasteiger partial charge in [-0.2, -0.15) is 0 Å². The Kier molecular flexibility index (Phi) is 4.38. The van der Waals surface area contributed by atoms with E-state index >= 15 is 0 Å². The second-order valence-corrected chi connectivity index (χ2v) is 5.50. The first-order chi connectivity index (χ1) is 8.65. The van der Waals surface area contributed by atoms with Crippen LogP contribution in [0.2, 0.25) is 0 Å². The summed E-state index contributed by atoms with van der Waals surface area (Å²) in [6, 6.07) is 5.68. The molecule has 1 aliphatic carbocycles. The highest BCUT2D eigenvalue weighted by Gasteiger charge is 2.32. The van der Waals surface area contributed by atoms with Gasteiger partial charge in [0, 0.05) is 10.9 Å². The van der Waals surface area contributed by atoms with Crippen molar-refractivity contribution >= 4 is 21.8 Å². The summed E-state index contributed by atoms with van der Waals surface area (Å²) in [4.78, 5) is 12.1. The van der Waals surface area contributed by atoms with E-state index in [4.69, 9.17) is 0 Å². The number of hydrogen-bond donors (Lipinski definition) is 1. The minimum atomic E-state index is -0.320. The van der Waals surface area contributed by atoms with E-state index in [1.54, 1.807) is 0 Å². The van der Waals surface area contributed by atoms with Gasteiger partial charge in [0.25, 0.3) is 5.91 Å². The van der Waals surface area contributed by atoms with E-state index in [0.717, 1.165) is 31.0 Å². The van der Waals surface area contributed by atoms with Gasteiger partial charge in [0.1, 0.15) is 5.82 Å². The van der Waals surface area contributed by atoms with Gasteiger partial charge in [-0.05, 0) is 37.1 Å². The number of rotatable bonds is 3. The number of benzene rings is 1. The van der Waals surface area contributed by atoms with Crippen molar-refractivity contribution in [3.05, 3.63) is 35.6 Å². The maximum atomic E-state index is 12.8. The van der Waals surface area contributed by atoms with Crippen molar-refractivity contribution in [1.82, 2.24) is 5.32 Å². The zero-order chi connectivity index (χ0) is 13.0. The van der Waals surface area contributed by atoms with E-state index in [-0.39, 0.29) is 17.3 Å². The Labute approximate surface area is 115 Å². The van der Waals surface area contributed by atoms with E-state index < -0.39 is 0 Å². The number of alkyl halides is 1. The number of amides is 1. The first kappa shape index (κ1) is 13.5. The summed E-state index contributed by atoms with van der Waals surface area (Å²) in [5, 5.41) is 3.88. The quantitative estimate of drug-likeness (QED) is 0.848. The zero-order valence-electron chi connectivity index (χ0n) is 10.2. The Hall–Kier alpha value is -0.900. The summed E-state index contributed by atoms with van der Waals surface area (Å²) >= 11 is 3.51. The van der Waals surface area contributed by atoms with Crippen LogP contribution >= 0.6 is 15.9 Å². The fraction of sp³-hybridized carbons (Fsp3) is 0.500. The van der Waals surface area contributed by atoms with Gasteiger partial charge in [-0.3, -0.25) is 4.79 Å². The molecular formula is C14H17BrFNO. The maximum absolute atomic E-state index is 12.8. The SMILES string of the molecule is O=C(NC1(CBr)CCCCC1)c1ccc(F)cc1. The van der Waals surface area contributed by atoms with Crippen LogP contribution < -0.4 is 5.32 Å². The lowest BCUT2D eigenvalue weighted by molar-refractivity contribution is 0.0886. The van der Waals surface area contributed by atoms with E-state index in [2.05, 4.69) is 21.2 Å². The fourth-order valence-electron chi connectivity index (χ4n) is 2.43. The highest BCUT2D eigenvalue weighted by molar-refractivity contribution is 9.09. The number of halogens is 2. The molecular weight excluding hydrogens is 297 g/mol. The summed E-state index contributed by atoms with van der Waals surface area (Å²) in [5.41, 5.74) is 0.381. The molecule has 1 aliphatic rings. The normalized spacial score (nSPS) is 18.3. The molecule has 0 bridgehead atoms. The number of nitrogens with one attached hydrogen (secondary N) is 1. The molecule has 1 aromatic carbocycles. The van der Waals surface area contributed by atoms with Gasteiger partial charge < -0.3 is 5.32 Å². The molecule has 1 amide bonds. The first-order valence-corrected chi connectivity index (χ1v) is 7.41. The van der Waals surface area contributed by atoms with Crippen molar-refractivity contribution < 1.29 is 9.18 Å². The first-order valence-electron chi connectivity index (χ1n) is 6.29. The van der Waals surface area contributed by atoms with Gasteiger partial charge in [-0.15, -0.1) is 0 Å². The molecule has 4 heteroatoms. The van der Waals surface area contributed by atoms with Crippen LogP contribution in [0.25, 0.3) is 0 Å². The van der Waals surface area contributed by atoms with Gasteiger partial charge in [-0.25, -0.2) is 4.39 Å². The monoisotopic (exact) mass is 313 g/mol. The molecule has 1 fully saturated rings. The van der Waals surface area contributed by atoms with Crippen LogP contribution in [0.15, 0.2) is 24.3 Å². The van der Waals surface area contributed by atoms with Crippen molar-refractivity contribution in [3.8, 4) is 0 Å². The number of hydrogen-bond acceptors (Lipinski definition) is 1. The largest absolute Gasteiger partial charge is 0.346 e. The Bertz CT molecular complexity index is 412. The molecule has 1 saturated carbocycles. The molecule has 0 aromatic heterocycles. The lowest BCUT2D eigenvalue weighted by atomic mass is 9.83. The third-order valence-electron chi connectivity index (χ3n) is 3.55. The van der Waals surface area contributed by atoms with Crippen LogP contribution in [0.4, 0.5) is 4.39 Å². The molecule has 0 spiro atoms. The average molecular weight is 314 g/mol. The molecule has 0 heterocycles. The molecule has 0 atom stereocenters. The van der Waals surface area contributed by atoms with Gasteiger partial charge in [0.15, 0.2) is 0 Å². The van der Waals surface area contributed by atoms with Crippen molar-refractivity contribution in [2.45, 2.75) is 37.6 Å². The Balaban J connectivity index is 2.07. The Morgan fingerprint density at radius 1 is 1.22 bits per heavy atom. The van der Waals surface area contributed by atoms with Crippen molar-refractivity contribution in [2.75, 3.05) is 5.33 Å². The van der Waals surface area contributed by atoms with Crippen molar-refractivity contribution in [1.29, 1.82) is 0 Å². The third-order valence-corrected chi connectivity index (χ3v) is 4.62. The van der Waals surface area contributed by atoms with Crippen molar-refractivity contribution in [2.24, 2.45) is 0 Å². The molecule has 0 radical (unpaired) electrons. The summed E-state index contributed by atoms with van der Waals surface area (Å²) in [7, 11) is 0. The molecule has 0 saturated heterocycles. The summed E-state index contributed by atoms with van der Waals surface area (Å²) in [6.07, 6.45) is 5.54. The fourth-order valence-corrected chi connectivity index (χ4v) is 3.14. The lowest BCUT2D eigenvalue weighted by Gasteiger charge is -2.36. The molecule has 2 rings (SSSR count). The van der Waals surface area contributed by atoms with Crippen LogP contribution in [0.3, 0.4) is 0 Å². The van der Waals surface area contributed by atoms with Gasteiger partial charge in [0.2, 0.25) is 0 Å². The zero-order valence-corrected chi connectivity index (χ0v) is 11.8. The van der Waals surface area contributed by atoms with E-state index in [1.165, 1.54) is 30.7 Å². The van der Waals surface area contributed by atoms with Crippen LogP contribution in [-0.2, 0) is 0 Å². The average Bonchev–Trinajstić information content (AvgIpc) is 2.40. The Morgan fingerprint density at radius 3 is 2.39 bits per heavy atom. The molecule has 1 aromatic rings. The minimum Gasteiger partial charge on any atom is -0.346 e. The molecule has 98 valence electrons. The summed E-state index contributed by atoms with van der Waals surface area (Å²) in [5.74, 6) is -0.434. The van der Waals surface area contributed by atoms with Crippen molar-refractivity contribution in [3.63, 3.8) is 0 Å². The minimum absolute atomic E-state index is 0.114. The topological polar surface area (TPSA) is 29.1 Å². The molecule has 2 nitrogen and oxygen atoms in total. The third kappa shape index (κ3) is 3.10.